The number of hydrogen-bond acceptors (Lipinski definition) is 3. The van der Waals surface area contributed by atoms with E-state index in [4.69, 9.17) is 5.11 Å². The number of hydrogen-bond donors (Lipinski definition) is 1. The quantitative estimate of drug-likeness (QED) is 0.684. The number of carboxylic acid groups (broad SMARTS) is 1. The zero-order valence-corrected chi connectivity index (χ0v) is 11.8. The Bertz CT molecular complexity index is 601. The first-order valence-electron chi connectivity index (χ1n) is 6.86. The number of rotatable bonds is 3. The van der Waals surface area contributed by atoms with Crippen molar-refractivity contribution in [2.45, 2.75) is 32.6 Å². The molecule has 21 heavy (non-hydrogen) atoms. The number of anilines is 1. The van der Waals surface area contributed by atoms with Crippen molar-refractivity contribution < 1.29 is 19.5 Å². The highest BCUT2D eigenvalue weighted by Crippen LogP contribution is 2.26. The van der Waals surface area contributed by atoms with Crippen LogP contribution in [-0.2, 0) is 14.4 Å². The molecule has 0 aliphatic carbocycles. The van der Waals surface area contributed by atoms with Crippen molar-refractivity contribution in [3.63, 3.8) is 0 Å². The number of carboxylic acids is 1. The summed E-state index contributed by atoms with van der Waals surface area (Å²) in [5.41, 5.74) is 2.07. The average molecular weight is 287 g/mol. The van der Waals surface area contributed by atoms with E-state index in [0.29, 0.717) is 24.1 Å². The summed E-state index contributed by atoms with van der Waals surface area (Å²) in [5, 5.41) is 8.62. The normalized spacial score (nSPS) is 16.3. The van der Waals surface area contributed by atoms with E-state index in [9.17, 15) is 14.4 Å². The molecule has 2 rings (SSSR count). The highest BCUT2D eigenvalue weighted by Gasteiger charge is 2.26. The monoisotopic (exact) mass is 287 g/mol. The van der Waals surface area contributed by atoms with Gasteiger partial charge in [-0.2, -0.15) is 0 Å². The van der Waals surface area contributed by atoms with Gasteiger partial charge >= 0.3 is 5.97 Å². The van der Waals surface area contributed by atoms with Crippen molar-refractivity contribution >= 4 is 29.5 Å². The van der Waals surface area contributed by atoms with Gasteiger partial charge in [-0.05, 0) is 49.1 Å². The van der Waals surface area contributed by atoms with Gasteiger partial charge in [-0.1, -0.05) is 6.07 Å². The zero-order valence-electron chi connectivity index (χ0n) is 11.8. The number of aryl methyl sites for hydroxylation is 1. The van der Waals surface area contributed by atoms with Gasteiger partial charge in [-0.25, -0.2) is 4.79 Å². The van der Waals surface area contributed by atoms with Gasteiger partial charge in [-0.15, -0.1) is 0 Å². The first kappa shape index (κ1) is 15.0. The molecule has 1 fully saturated rings. The Kier molecular flexibility index (Phi) is 4.52. The average Bonchev–Trinajstić information content (AvgIpc) is 2.59. The van der Waals surface area contributed by atoms with Crippen molar-refractivity contribution in [1.29, 1.82) is 0 Å². The summed E-state index contributed by atoms with van der Waals surface area (Å²) >= 11 is 0. The summed E-state index contributed by atoms with van der Waals surface area (Å²) in [4.78, 5) is 36.0. The molecule has 0 atom stereocenters. The highest BCUT2D eigenvalue weighted by molar-refractivity contribution is 6.15. The minimum absolute atomic E-state index is 0.172. The number of aliphatic carboxylic acids is 1. The smallest absolute Gasteiger partial charge is 0.328 e. The standard InChI is InChI=1S/C16H17NO4/c1-11-10-12(7-9-16(20)21)6-8-13(11)17-14(18)4-2-3-5-15(17)19/h6-10H,2-5H2,1H3,(H,20,21). The van der Waals surface area contributed by atoms with Crippen molar-refractivity contribution in [2.24, 2.45) is 0 Å². The molecule has 0 bridgehead atoms. The molecule has 1 aromatic rings. The van der Waals surface area contributed by atoms with E-state index < -0.39 is 5.97 Å². The van der Waals surface area contributed by atoms with Crippen LogP contribution < -0.4 is 4.90 Å². The Hall–Kier alpha value is -2.43. The van der Waals surface area contributed by atoms with Crippen LogP contribution in [0.15, 0.2) is 24.3 Å². The second-order valence-corrected chi connectivity index (χ2v) is 5.05. The lowest BCUT2D eigenvalue weighted by Gasteiger charge is -2.21. The fraction of sp³-hybridized carbons (Fsp3) is 0.312. The maximum Gasteiger partial charge on any atom is 0.328 e. The number of carbonyl (C=O) groups is 3. The van der Waals surface area contributed by atoms with Crippen molar-refractivity contribution in [3.8, 4) is 0 Å². The summed E-state index contributed by atoms with van der Waals surface area (Å²) in [6.45, 7) is 1.80. The Labute approximate surface area is 122 Å². The molecule has 5 nitrogen and oxygen atoms in total. The SMILES string of the molecule is Cc1cc(C=CC(=O)O)ccc1N1C(=O)CCCCC1=O. The van der Waals surface area contributed by atoms with Crippen LogP contribution in [0.5, 0.6) is 0 Å². The third-order valence-corrected chi connectivity index (χ3v) is 3.41. The second kappa shape index (κ2) is 6.35. The van der Waals surface area contributed by atoms with Crippen molar-refractivity contribution in [1.82, 2.24) is 0 Å². The fourth-order valence-corrected chi connectivity index (χ4v) is 2.38. The molecule has 0 spiro atoms. The molecule has 1 N–H and O–H groups in total. The van der Waals surface area contributed by atoms with Crippen molar-refractivity contribution in [3.05, 3.63) is 35.4 Å². The lowest BCUT2D eigenvalue weighted by Crippen LogP contribution is -2.35. The molecular weight excluding hydrogens is 270 g/mol. The highest BCUT2D eigenvalue weighted by atomic mass is 16.4. The van der Waals surface area contributed by atoms with Crippen LogP contribution in [0.25, 0.3) is 6.08 Å². The van der Waals surface area contributed by atoms with Crippen LogP contribution in [0.3, 0.4) is 0 Å². The van der Waals surface area contributed by atoms with Crippen LogP contribution in [0.2, 0.25) is 0 Å². The fourth-order valence-electron chi connectivity index (χ4n) is 2.38. The summed E-state index contributed by atoms with van der Waals surface area (Å²) in [5.74, 6) is -1.36. The van der Waals surface area contributed by atoms with E-state index in [1.807, 2.05) is 0 Å². The van der Waals surface area contributed by atoms with E-state index in [1.165, 1.54) is 11.0 Å². The number of nitrogens with zero attached hydrogens (tertiary/aromatic N) is 1. The third-order valence-electron chi connectivity index (χ3n) is 3.41. The molecule has 2 amide bonds. The van der Waals surface area contributed by atoms with Gasteiger partial charge in [0.15, 0.2) is 0 Å². The first-order valence-corrected chi connectivity index (χ1v) is 6.86. The molecule has 110 valence electrons. The topological polar surface area (TPSA) is 74.7 Å². The van der Waals surface area contributed by atoms with E-state index >= 15 is 0 Å². The summed E-state index contributed by atoms with van der Waals surface area (Å²) in [6, 6.07) is 5.16. The Morgan fingerprint density at radius 2 is 1.81 bits per heavy atom. The molecule has 1 aliphatic heterocycles. The minimum Gasteiger partial charge on any atom is -0.478 e. The molecular formula is C16H17NO4. The van der Waals surface area contributed by atoms with Crippen LogP contribution in [0, 0.1) is 6.92 Å². The Morgan fingerprint density at radius 3 is 2.33 bits per heavy atom. The Balaban J connectivity index is 2.33. The van der Waals surface area contributed by atoms with Crippen LogP contribution >= 0.6 is 0 Å². The molecule has 0 unspecified atom stereocenters. The van der Waals surface area contributed by atoms with E-state index in [0.717, 1.165) is 24.5 Å². The zero-order chi connectivity index (χ0) is 15.4. The Morgan fingerprint density at radius 1 is 1.19 bits per heavy atom. The summed E-state index contributed by atoms with van der Waals surface area (Å²) in [7, 11) is 0. The molecule has 0 saturated carbocycles. The maximum absolute atomic E-state index is 12.1. The molecule has 5 heteroatoms. The third kappa shape index (κ3) is 3.56. The number of imide groups is 1. The van der Waals surface area contributed by atoms with Crippen molar-refractivity contribution in [2.75, 3.05) is 4.90 Å². The lowest BCUT2D eigenvalue weighted by molar-refractivity contribution is -0.131. The van der Waals surface area contributed by atoms with Crippen LogP contribution in [-0.4, -0.2) is 22.9 Å². The predicted octanol–water partition coefficient (Wildman–Crippen LogP) is 2.53. The largest absolute Gasteiger partial charge is 0.478 e. The molecule has 1 heterocycles. The molecule has 0 radical (unpaired) electrons. The van der Waals surface area contributed by atoms with Crippen LogP contribution in [0.1, 0.15) is 36.8 Å². The first-order chi connectivity index (χ1) is 9.99. The van der Waals surface area contributed by atoms with Gasteiger partial charge in [-0.3, -0.25) is 14.5 Å². The molecule has 1 saturated heterocycles. The number of carbonyl (C=O) groups excluding carboxylic acids is 2. The number of benzene rings is 1. The van der Waals surface area contributed by atoms with E-state index in [-0.39, 0.29) is 11.8 Å². The van der Waals surface area contributed by atoms with Gasteiger partial charge in [0.1, 0.15) is 0 Å². The van der Waals surface area contributed by atoms with Gasteiger partial charge < -0.3 is 5.11 Å². The van der Waals surface area contributed by atoms with Gasteiger partial charge in [0.05, 0.1) is 5.69 Å². The van der Waals surface area contributed by atoms with Crippen LogP contribution in [0.4, 0.5) is 5.69 Å². The number of amides is 2. The summed E-state index contributed by atoms with van der Waals surface area (Å²) < 4.78 is 0. The molecule has 1 aromatic carbocycles. The van der Waals surface area contributed by atoms with Gasteiger partial charge in [0, 0.05) is 18.9 Å². The van der Waals surface area contributed by atoms with Gasteiger partial charge in [0.2, 0.25) is 11.8 Å². The lowest BCUT2D eigenvalue weighted by atomic mass is 10.1. The minimum atomic E-state index is -1.02. The molecule has 1 aliphatic rings. The van der Waals surface area contributed by atoms with Gasteiger partial charge in [0.25, 0.3) is 0 Å². The van der Waals surface area contributed by atoms with E-state index in [2.05, 4.69) is 0 Å². The predicted molar refractivity (Wildman–Crippen MR) is 78.8 cm³/mol. The second-order valence-electron chi connectivity index (χ2n) is 5.05. The maximum atomic E-state index is 12.1. The van der Waals surface area contributed by atoms with E-state index in [1.54, 1.807) is 25.1 Å². The summed E-state index contributed by atoms with van der Waals surface area (Å²) in [6.07, 6.45) is 4.76. The molecule has 0 aromatic heterocycles.